The molecule has 0 radical (unpaired) electrons. The fourth-order valence-electron chi connectivity index (χ4n) is 1.28. The van der Waals surface area contributed by atoms with E-state index in [2.05, 4.69) is 31.2 Å². The SMILES string of the molecule is Cc1cnc(CNC(=O)c2ncccc2Br)o1. The molecule has 0 bridgehead atoms. The molecule has 2 aromatic rings. The van der Waals surface area contributed by atoms with Crippen molar-refractivity contribution in [2.75, 3.05) is 0 Å². The number of rotatable bonds is 3. The molecule has 6 heteroatoms. The van der Waals surface area contributed by atoms with Crippen LogP contribution in [0.4, 0.5) is 0 Å². The summed E-state index contributed by atoms with van der Waals surface area (Å²) in [6.45, 7) is 2.04. The van der Waals surface area contributed by atoms with E-state index in [4.69, 9.17) is 4.42 Å². The number of pyridine rings is 1. The van der Waals surface area contributed by atoms with Crippen molar-refractivity contribution >= 4 is 21.8 Å². The minimum Gasteiger partial charge on any atom is -0.444 e. The Kier molecular flexibility index (Phi) is 3.53. The molecule has 0 fully saturated rings. The number of oxazole rings is 1. The molecular weight excluding hydrogens is 286 g/mol. The number of amides is 1. The van der Waals surface area contributed by atoms with E-state index < -0.39 is 0 Å². The first-order chi connectivity index (χ1) is 8.16. The summed E-state index contributed by atoms with van der Waals surface area (Å²) in [6.07, 6.45) is 3.17. The van der Waals surface area contributed by atoms with Crippen LogP contribution in [0.1, 0.15) is 22.1 Å². The number of hydrogen-bond acceptors (Lipinski definition) is 4. The van der Waals surface area contributed by atoms with Crippen molar-refractivity contribution in [1.82, 2.24) is 15.3 Å². The second kappa shape index (κ2) is 5.09. The maximum absolute atomic E-state index is 11.8. The summed E-state index contributed by atoms with van der Waals surface area (Å²) in [7, 11) is 0. The van der Waals surface area contributed by atoms with E-state index in [9.17, 15) is 4.79 Å². The van der Waals surface area contributed by atoms with Gasteiger partial charge in [-0.05, 0) is 35.0 Å². The Balaban J connectivity index is 2.01. The minimum atomic E-state index is -0.270. The highest BCUT2D eigenvalue weighted by molar-refractivity contribution is 9.10. The van der Waals surface area contributed by atoms with Gasteiger partial charge in [0.1, 0.15) is 11.5 Å². The number of aromatic nitrogens is 2. The van der Waals surface area contributed by atoms with Gasteiger partial charge >= 0.3 is 0 Å². The van der Waals surface area contributed by atoms with Gasteiger partial charge < -0.3 is 9.73 Å². The Bertz CT molecular complexity index is 539. The van der Waals surface area contributed by atoms with Gasteiger partial charge in [0, 0.05) is 10.7 Å². The van der Waals surface area contributed by atoms with E-state index in [-0.39, 0.29) is 12.5 Å². The van der Waals surface area contributed by atoms with Crippen molar-refractivity contribution in [3.05, 3.63) is 46.3 Å². The molecule has 17 heavy (non-hydrogen) atoms. The molecule has 2 aromatic heterocycles. The van der Waals surface area contributed by atoms with Crippen molar-refractivity contribution < 1.29 is 9.21 Å². The van der Waals surface area contributed by atoms with E-state index in [0.717, 1.165) is 0 Å². The average Bonchev–Trinajstić information content (AvgIpc) is 2.73. The second-order valence-electron chi connectivity index (χ2n) is 3.38. The van der Waals surface area contributed by atoms with Crippen LogP contribution < -0.4 is 5.32 Å². The molecule has 88 valence electrons. The van der Waals surface area contributed by atoms with E-state index in [1.807, 2.05) is 0 Å². The summed E-state index contributed by atoms with van der Waals surface area (Å²) in [6, 6.07) is 3.51. The fraction of sp³-hybridized carbons (Fsp3) is 0.182. The molecule has 1 N–H and O–H groups in total. The van der Waals surface area contributed by atoms with Crippen LogP contribution in [0.3, 0.4) is 0 Å². The third-order valence-corrected chi connectivity index (χ3v) is 2.68. The van der Waals surface area contributed by atoms with Gasteiger partial charge in [-0.3, -0.25) is 4.79 Å². The van der Waals surface area contributed by atoms with Crippen LogP contribution >= 0.6 is 15.9 Å². The molecule has 0 aliphatic heterocycles. The van der Waals surface area contributed by atoms with E-state index in [0.29, 0.717) is 21.8 Å². The molecule has 0 saturated carbocycles. The first kappa shape index (κ1) is 11.8. The van der Waals surface area contributed by atoms with Crippen molar-refractivity contribution in [2.45, 2.75) is 13.5 Å². The zero-order valence-corrected chi connectivity index (χ0v) is 10.7. The molecule has 5 nitrogen and oxygen atoms in total. The Labute approximate surface area is 106 Å². The van der Waals surface area contributed by atoms with Crippen LogP contribution in [0.2, 0.25) is 0 Å². The molecule has 1 amide bonds. The summed E-state index contributed by atoms with van der Waals surface area (Å²) in [5.74, 6) is 0.921. The molecule has 0 saturated heterocycles. The van der Waals surface area contributed by atoms with Gasteiger partial charge in [-0.1, -0.05) is 0 Å². The highest BCUT2D eigenvalue weighted by Gasteiger charge is 2.11. The number of carbonyl (C=O) groups excluding carboxylic acids is 1. The van der Waals surface area contributed by atoms with Crippen LogP contribution in [0.5, 0.6) is 0 Å². The summed E-state index contributed by atoms with van der Waals surface area (Å²) < 4.78 is 5.90. The predicted molar refractivity (Wildman–Crippen MR) is 64.3 cm³/mol. The average molecular weight is 296 g/mol. The first-order valence-electron chi connectivity index (χ1n) is 4.97. The topological polar surface area (TPSA) is 68.0 Å². The first-order valence-corrected chi connectivity index (χ1v) is 5.76. The van der Waals surface area contributed by atoms with Crippen molar-refractivity contribution in [3.8, 4) is 0 Å². The quantitative estimate of drug-likeness (QED) is 0.941. The molecule has 0 aliphatic rings. The number of hydrogen-bond donors (Lipinski definition) is 1. The monoisotopic (exact) mass is 295 g/mol. The summed E-state index contributed by atoms with van der Waals surface area (Å²) in [4.78, 5) is 19.7. The van der Waals surface area contributed by atoms with Gasteiger partial charge in [0.25, 0.3) is 5.91 Å². The van der Waals surface area contributed by atoms with Gasteiger partial charge in [0.15, 0.2) is 0 Å². The molecule has 2 heterocycles. The number of aryl methyl sites for hydroxylation is 1. The Hall–Kier alpha value is -1.69. The smallest absolute Gasteiger partial charge is 0.271 e. The summed E-state index contributed by atoms with van der Waals surface area (Å²) >= 11 is 3.26. The molecular formula is C11H10BrN3O2. The van der Waals surface area contributed by atoms with Crippen LogP contribution in [-0.2, 0) is 6.54 Å². The number of halogens is 1. The minimum absolute atomic E-state index is 0.246. The Morgan fingerprint density at radius 2 is 2.35 bits per heavy atom. The Morgan fingerprint density at radius 1 is 1.53 bits per heavy atom. The van der Waals surface area contributed by atoms with Crippen molar-refractivity contribution in [1.29, 1.82) is 0 Å². The molecule has 0 aromatic carbocycles. The lowest BCUT2D eigenvalue weighted by Gasteiger charge is -2.03. The maximum atomic E-state index is 11.8. The molecule has 0 unspecified atom stereocenters. The van der Waals surface area contributed by atoms with Crippen LogP contribution in [0.25, 0.3) is 0 Å². The van der Waals surface area contributed by atoms with Crippen LogP contribution in [0, 0.1) is 6.92 Å². The van der Waals surface area contributed by atoms with E-state index in [1.54, 1.807) is 31.5 Å². The van der Waals surface area contributed by atoms with Crippen molar-refractivity contribution in [2.24, 2.45) is 0 Å². The summed E-state index contributed by atoms with van der Waals surface area (Å²) in [5, 5.41) is 2.68. The van der Waals surface area contributed by atoms with Crippen LogP contribution in [0.15, 0.2) is 33.4 Å². The molecule has 0 atom stereocenters. The summed E-state index contributed by atoms with van der Waals surface area (Å²) in [5.41, 5.74) is 0.343. The highest BCUT2D eigenvalue weighted by atomic mass is 79.9. The third kappa shape index (κ3) is 2.91. The zero-order chi connectivity index (χ0) is 12.3. The number of nitrogens with zero attached hydrogens (tertiary/aromatic N) is 2. The third-order valence-electron chi connectivity index (χ3n) is 2.04. The van der Waals surface area contributed by atoms with Gasteiger partial charge in [-0.25, -0.2) is 9.97 Å². The lowest BCUT2D eigenvalue weighted by molar-refractivity contribution is 0.0941. The van der Waals surface area contributed by atoms with Gasteiger partial charge in [-0.15, -0.1) is 0 Å². The van der Waals surface area contributed by atoms with Gasteiger partial charge in [-0.2, -0.15) is 0 Å². The van der Waals surface area contributed by atoms with Gasteiger partial charge in [0.2, 0.25) is 5.89 Å². The second-order valence-corrected chi connectivity index (χ2v) is 4.24. The normalized spacial score (nSPS) is 10.2. The maximum Gasteiger partial charge on any atom is 0.271 e. The lowest BCUT2D eigenvalue weighted by Crippen LogP contribution is -2.24. The molecule has 2 rings (SSSR count). The highest BCUT2D eigenvalue weighted by Crippen LogP contribution is 2.13. The standard InChI is InChI=1S/C11H10BrN3O2/c1-7-5-14-9(17-7)6-15-11(16)10-8(12)3-2-4-13-10/h2-5H,6H2,1H3,(H,15,16). The number of nitrogens with one attached hydrogen (secondary N) is 1. The molecule has 0 spiro atoms. The van der Waals surface area contributed by atoms with Crippen molar-refractivity contribution in [3.63, 3.8) is 0 Å². The van der Waals surface area contributed by atoms with Crippen LogP contribution in [-0.4, -0.2) is 15.9 Å². The largest absolute Gasteiger partial charge is 0.444 e. The predicted octanol–water partition coefficient (Wildman–Crippen LogP) is 2.07. The van der Waals surface area contributed by atoms with Gasteiger partial charge in [0.05, 0.1) is 12.7 Å². The Morgan fingerprint density at radius 3 is 3.00 bits per heavy atom. The lowest BCUT2D eigenvalue weighted by atomic mass is 10.3. The number of carbonyl (C=O) groups is 1. The van der Waals surface area contributed by atoms with E-state index in [1.165, 1.54) is 0 Å². The molecule has 0 aliphatic carbocycles. The van der Waals surface area contributed by atoms with E-state index >= 15 is 0 Å². The zero-order valence-electron chi connectivity index (χ0n) is 9.11. The fourth-order valence-corrected chi connectivity index (χ4v) is 1.71.